The number of likely N-dealkylation sites (tertiary alicyclic amines) is 1. The molecule has 1 aromatic heterocycles. The summed E-state index contributed by atoms with van der Waals surface area (Å²) in [6.45, 7) is 1.02. The first-order valence-electron chi connectivity index (χ1n) is 11.7. The van der Waals surface area contributed by atoms with Gasteiger partial charge in [-0.2, -0.15) is 4.98 Å². The highest BCUT2D eigenvalue weighted by molar-refractivity contribution is 5.71. The molecule has 4 rings (SSSR count). The fraction of sp³-hybridized carbons (Fsp3) is 0.400. The van der Waals surface area contributed by atoms with Crippen LogP contribution in [0.2, 0.25) is 0 Å². The first kappa shape index (κ1) is 26.1. The van der Waals surface area contributed by atoms with Crippen molar-refractivity contribution >= 4 is 11.8 Å². The second kappa shape index (κ2) is 11.9. The van der Waals surface area contributed by atoms with Crippen LogP contribution in [-0.2, 0) is 17.6 Å². The minimum absolute atomic E-state index is 0.117. The molecule has 0 N–H and O–H groups in total. The number of carbonyl (C=O) groups excluding carboxylic acids is 1. The molecule has 0 aliphatic carbocycles. The van der Waals surface area contributed by atoms with Gasteiger partial charge >= 0.3 is 6.09 Å². The van der Waals surface area contributed by atoms with Gasteiger partial charge in [0, 0.05) is 51.1 Å². The maximum Gasteiger partial charge on any atom is 0.415 e. The zero-order valence-corrected chi connectivity index (χ0v) is 20.1. The second-order valence-corrected chi connectivity index (χ2v) is 8.78. The number of aromatic nitrogens is 2. The molecule has 0 radical (unpaired) electrons. The summed E-state index contributed by atoms with van der Waals surface area (Å²) in [6.07, 6.45) is -2.31. The summed E-state index contributed by atoms with van der Waals surface area (Å²) >= 11 is 0. The normalized spacial score (nSPS) is 17.7. The minimum atomic E-state index is -2.43. The Morgan fingerprint density at radius 1 is 1.16 bits per heavy atom. The van der Waals surface area contributed by atoms with E-state index in [-0.39, 0.29) is 36.2 Å². The molecule has 12 heteroatoms. The Morgan fingerprint density at radius 2 is 1.86 bits per heavy atom. The number of methoxy groups -OCH3 is 1. The number of non-ortho nitro benzene ring substituents is 1. The Hall–Kier alpha value is -3.93. The van der Waals surface area contributed by atoms with E-state index in [9.17, 15) is 23.7 Å². The van der Waals surface area contributed by atoms with Gasteiger partial charge in [0.1, 0.15) is 5.75 Å². The predicted molar refractivity (Wildman–Crippen MR) is 127 cm³/mol. The highest BCUT2D eigenvalue weighted by atomic mass is 19.3. The minimum Gasteiger partial charge on any atom is -0.410 e. The largest absolute Gasteiger partial charge is 0.415 e. The lowest BCUT2D eigenvalue weighted by atomic mass is 9.84. The molecule has 3 aromatic rings. The SMILES string of the molecule is COCCc1noc(C2CC(c3ccc(CC(F)F)cc3)CN(C(=O)Oc3ccc([N+](=O)[O-])cc3)C2)n1. The number of ether oxygens (including phenoxy) is 2. The van der Waals surface area contributed by atoms with Crippen LogP contribution < -0.4 is 4.74 Å². The van der Waals surface area contributed by atoms with Crippen molar-refractivity contribution in [2.24, 2.45) is 0 Å². The smallest absolute Gasteiger partial charge is 0.410 e. The van der Waals surface area contributed by atoms with Crippen LogP contribution in [-0.4, -0.2) is 59.3 Å². The summed E-state index contributed by atoms with van der Waals surface area (Å²) in [5.74, 6) is 0.629. The number of carbonyl (C=O) groups is 1. The standard InChI is InChI=1S/C25H26F2N4O6/c1-35-11-10-23-28-24(37-29-23)19-13-18(17-4-2-16(3-5-17)12-22(26)27)14-30(15-19)25(32)36-21-8-6-20(7-9-21)31(33)34/h2-9,18-19,22H,10-15H2,1H3. The van der Waals surface area contributed by atoms with Gasteiger partial charge in [-0.1, -0.05) is 29.4 Å². The first-order valence-corrected chi connectivity index (χ1v) is 11.7. The summed E-state index contributed by atoms with van der Waals surface area (Å²) in [6, 6.07) is 12.1. The summed E-state index contributed by atoms with van der Waals surface area (Å²) in [5.41, 5.74) is 1.30. The molecular formula is C25H26F2N4O6. The molecule has 2 aromatic carbocycles. The molecule has 2 unspecified atom stereocenters. The topological polar surface area (TPSA) is 121 Å². The van der Waals surface area contributed by atoms with E-state index >= 15 is 0 Å². The zero-order chi connectivity index (χ0) is 26.4. The maximum absolute atomic E-state index is 13.1. The molecule has 10 nitrogen and oxygen atoms in total. The number of amides is 1. The Morgan fingerprint density at radius 3 is 2.51 bits per heavy atom. The lowest BCUT2D eigenvalue weighted by Gasteiger charge is -2.36. The Kier molecular flexibility index (Phi) is 8.39. The quantitative estimate of drug-likeness (QED) is 0.295. The molecule has 1 fully saturated rings. The number of alkyl halides is 2. The van der Waals surface area contributed by atoms with E-state index in [1.54, 1.807) is 31.4 Å². The van der Waals surface area contributed by atoms with Crippen LogP contribution in [0.3, 0.4) is 0 Å². The van der Waals surface area contributed by atoms with Crippen molar-refractivity contribution in [3.05, 3.63) is 81.5 Å². The average molecular weight is 517 g/mol. The van der Waals surface area contributed by atoms with Crippen molar-refractivity contribution in [1.82, 2.24) is 15.0 Å². The summed E-state index contributed by atoms with van der Waals surface area (Å²) in [5, 5.41) is 14.9. The first-order chi connectivity index (χ1) is 17.8. The number of nitrogens with zero attached hydrogens (tertiary/aromatic N) is 4. The van der Waals surface area contributed by atoms with Crippen LogP contribution in [0.4, 0.5) is 19.3 Å². The molecular weight excluding hydrogens is 490 g/mol. The van der Waals surface area contributed by atoms with Crippen LogP contribution in [0.25, 0.3) is 0 Å². The van der Waals surface area contributed by atoms with Gasteiger partial charge in [0.15, 0.2) is 5.82 Å². The van der Waals surface area contributed by atoms with Crippen molar-refractivity contribution in [2.45, 2.75) is 37.5 Å². The second-order valence-electron chi connectivity index (χ2n) is 8.78. The third kappa shape index (κ3) is 6.85. The molecule has 0 spiro atoms. The monoisotopic (exact) mass is 516 g/mol. The zero-order valence-electron chi connectivity index (χ0n) is 20.1. The maximum atomic E-state index is 13.1. The van der Waals surface area contributed by atoms with E-state index in [0.29, 0.717) is 43.3 Å². The summed E-state index contributed by atoms with van der Waals surface area (Å²) < 4.78 is 41.5. The van der Waals surface area contributed by atoms with Crippen LogP contribution in [0.1, 0.15) is 41.1 Å². The van der Waals surface area contributed by atoms with E-state index in [2.05, 4.69) is 10.1 Å². The lowest BCUT2D eigenvalue weighted by molar-refractivity contribution is -0.384. The lowest BCUT2D eigenvalue weighted by Crippen LogP contribution is -2.44. The highest BCUT2D eigenvalue weighted by Gasteiger charge is 2.35. The highest BCUT2D eigenvalue weighted by Crippen LogP contribution is 2.36. The fourth-order valence-electron chi connectivity index (χ4n) is 4.30. The number of halogens is 2. The number of piperidine rings is 1. The molecule has 37 heavy (non-hydrogen) atoms. The molecule has 1 amide bonds. The molecule has 1 saturated heterocycles. The van der Waals surface area contributed by atoms with Crippen molar-refractivity contribution in [3.8, 4) is 5.75 Å². The number of hydrogen-bond donors (Lipinski definition) is 0. The molecule has 0 saturated carbocycles. The number of nitro benzene ring substituents is 1. The van der Waals surface area contributed by atoms with Gasteiger partial charge < -0.3 is 18.9 Å². The number of hydrogen-bond acceptors (Lipinski definition) is 8. The molecule has 1 aliphatic rings. The van der Waals surface area contributed by atoms with Crippen LogP contribution in [0, 0.1) is 10.1 Å². The van der Waals surface area contributed by atoms with Gasteiger partial charge in [0.05, 0.1) is 17.4 Å². The van der Waals surface area contributed by atoms with E-state index < -0.39 is 17.4 Å². The summed E-state index contributed by atoms with van der Waals surface area (Å²) in [4.78, 5) is 29.4. The Labute approximate surface area is 211 Å². The third-order valence-corrected chi connectivity index (χ3v) is 6.17. The van der Waals surface area contributed by atoms with E-state index in [0.717, 1.165) is 5.56 Å². The van der Waals surface area contributed by atoms with E-state index in [1.165, 1.54) is 29.2 Å². The third-order valence-electron chi connectivity index (χ3n) is 6.17. The average Bonchev–Trinajstić information content (AvgIpc) is 3.37. The fourth-order valence-corrected chi connectivity index (χ4v) is 4.30. The van der Waals surface area contributed by atoms with Gasteiger partial charge in [-0.3, -0.25) is 10.1 Å². The molecule has 196 valence electrons. The van der Waals surface area contributed by atoms with Crippen LogP contribution in [0.5, 0.6) is 5.75 Å². The molecule has 1 aliphatic heterocycles. The number of rotatable bonds is 9. The van der Waals surface area contributed by atoms with Crippen LogP contribution >= 0.6 is 0 Å². The Bertz CT molecular complexity index is 1200. The van der Waals surface area contributed by atoms with Crippen LogP contribution in [0.15, 0.2) is 53.1 Å². The van der Waals surface area contributed by atoms with Gasteiger partial charge in [-0.25, -0.2) is 13.6 Å². The van der Waals surface area contributed by atoms with E-state index in [1.807, 2.05) is 0 Å². The van der Waals surface area contributed by atoms with Crippen molar-refractivity contribution in [2.75, 3.05) is 26.8 Å². The Balaban J connectivity index is 1.53. The van der Waals surface area contributed by atoms with Gasteiger partial charge in [0.25, 0.3) is 5.69 Å². The predicted octanol–water partition coefficient (Wildman–Crippen LogP) is 4.75. The number of nitro groups is 1. The van der Waals surface area contributed by atoms with Crippen molar-refractivity contribution in [3.63, 3.8) is 0 Å². The van der Waals surface area contributed by atoms with Gasteiger partial charge in [-0.15, -0.1) is 0 Å². The molecule has 2 atom stereocenters. The molecule has 0 bridgehead atoms. The van der Waals surface area contributed by atoms with Crippen molar-refractivity contribution in [1.29, 1.82) is 0 Å². The van der Waals surface area contributed by atoms with Gasteiger partial charge in [-0.05, 0) is 29.7 Å². The summed E-state index contributed by atoms with van der Waals surface area (Å²) in [7, 11) is 1.58. The number of benzene rings is 2. The van der Waals surface area contributed by atoms with E-state index in [4.69, 9.17) is 14.0 Å². The molecule has 2 heterocycles. The van der Waals surface area contributed by atoms with Crippen molar-refractivity contribution < 1.29 is 32.5 Å². The van der Waals surface area contributed by atoms with Gasteiger partial charge in [0.2, 0.25) is 12.3 Å².